The number of carbonyl (C=O) groups excluding carboxylic acids is 1. The number of methoxy groups -OCH3 is 2. The summed E-state index contributed by atoms with van der Waals surface area (Å²) in [6.07, 6.45) is 5.44. The summed E-state index contributed by atoms with van der Waals surface area (Å²) in [5.41, 5.74) is 2.21. The van der Waals surface area contributed by atoms with Gasteiger partial charge in [0.05, 0.1) is 36.1 Å². The second-order valence-electron chi connectivity index (χ2n) is 7.86. The minimum Gasteiger partial charge on any atom is -0.493 e. The monoisotopic (exact) mass is 522 g/mol. The molecule has 0 radical (unpaired) electrons. The van der Waals surface area contributed by atoms with Gasteiger partial charge in [0.1, 0.15) is 6.61 Å². The minimum absolute atomic E-state index is 0.238. The summed E-state index contributed by atoms with van der Waals surface area (Å²) in [5.74, 6) is 0.626. The Morgan fingerprint density at radius 2 is 1.94 bits per heavy atom. The third-order valence-electron chi connectivity index (χ3n) is 5.70. The fourth-order valence-corrected chi connectivity index (χ4v) is 5.44. The molecule has 0 spiro atoms. The molecule has 4 rings (SSSR count). The van der Waals surface area contributed by atoms with Crippen LogP contribution in [-0.2, 0) is 9.53 Å². The molecule has 0 aliphatic carbocycles. The van der Waals surface area contributed by atoms with Crippen LogP contribution in [-0.4, -0.2) is 37.6 Å². The van der Waals surface area contributed by atoms with Gasteiger partial charge < -0.3 is 14.2 Å². The smallest absolute Gasteiger partial charge is 0.338 e. The number of aromatic nitrogens is 1. The van der Waals surface area contributed by atoms with Gasteiger partial charge in [-0.15, -0.1) is 11.8 Å². The van der Waals surface area contributed by atoms with E-state index in [1.165, 1.54) is 18.4 Å². The number of benzene rings is 2. The lowest BCUT2D eigenvalue weighted by Crippen LogP contribution is -2.39. The molecule has 0 bridgehead atoms. The van der Waals surface area contributed by atoms with Crippen LogP contribution in [0.4, 0.5) is 0 Å². The molecule has 2 aromatic carbocycles. The van der Waals surface area contributed by atoms with Gasteiger partial charge in [-0.05, 0) is 54.6 Å². The Morgan fingerprint density at radius 3 is 2.58 bits per heavy atom. The molecular weight excluding hydrogens is 496 g/mol. The number of esters is 1. The van der Waals surface area contributed by atoms with Gasteiger partial charge in [0.25, 0.3) is 5.56 Å². The van der Waals surface area contributed by atoms with E-state index in [0.29, 0.717) is 38.7 Å². The maximum atomic E-state index is 13.7. The van der Waals surface area contributed by atoms with Crippen LogP contribution in [0.5, 0.6) is 11.5 Å². The van der Waals surface area contributed by atoms with Crippen LogP contribution in [0.15, 0.2) is 81.1 Å². The van der Waals surface area contributed by atoms with Crippen molar-refractivity contribution >= 4 is 35.1 Å². The lowest BCUT2D eigenvalue weighted by Gasteiger charge is -2.24. The Balaban J connectivity index is 1.87. The summed E-state index contributed by atoms with van der Waals surface area (Å²) in [6.45, 7) is 5.78. The summed E-state index contributed by atoms with van der Waals surface area (Å²) < 4.78 is 18.2. The molecule has 1 aliphatic rings. The average molecular weight is 523 g/mol. The third-order valence-corrected chi connectivity index (χ3v) is 7.43. The lowest BCUT2D eigenvalue weighted by atomic mass is 9.96. The van der Waals surface area contributed by atoms with Crippen molar-refractivity contribution in [2.45, 2.75) is 17.9 Å². The van der Waals surface area contributed by atoms with E-state index < -0.39 is 12.0 Å². The Hall–Kier alpha value is -3.56. The Bertz CT molecular complexity index is 1520. The zero-order chi connectivity index (χ0) is 25.8. The van der Waals surface area contributed by atoms with Crippen molar-refractivity contribution < 1.29 is 19.0 Å². The SMILES string of the molecule is C=CCOc1ccc(C=c2sc3n(c2=O)C(c2ccc(SC)cc2)C(C(=O)OC)=C(C)N=3)cc1OC. The van der Waals surface area contributed by atoms with Crippen LogP contribution in [0.3, 0.4) is 0 Å². The van der Waals surface area contributed by atoms with E-state index in [4.69, 9.17) is 14.2 Å². The number of hydrogen-bond acceptors (Lipinski definition) is 8. The summed E-state index contributed by atoms with van der Waals surface area (Å²) in [6, 6.07) is 12.6. The molecule has 1 aromatic heterocycles. The second kappa shape index (κ2) is 11.0. The molecule has 0 amide bonds. The fourth-order valence-electron chi connectivity index (χ4n) is 3.99. The molecule has 2 heterocycles. The van der Waals surface area contributed by atoms with Crippen LogP contribution in [0.25, 0.3) is 6.08 Å². The molecule has 1 atom stereocenters. The first-order valence-corrected chi connectivity index (χ1v) is 13.1. The van der Waals surface area contributed by atoms with Gasteiger partial charge in [-0.1, -0.05) is 42.2 Å². The molecule has 0 N–H and O–H groups in total. The van der Waals surface area contributed by atoms with Crippen LogP contribution >= 0.6 is 23.1 Å². The summed E-state index contributed by atoms with van der Waals surface area (Å²) in [4.78, 5) is 32.7. The van der Waals surface area contributed by atoms with Gasteiger partial charge in [-0.25, -0.2) is 9.79 Å². The largest absolute Gasteiger partial charge is 0.493 e. The number of carbonyl (C=O) groups is 1. The van der Waals surface area contributed by atoms with Crippen molar-refractivity contribution in [1.29, 1.82) is 0 Å². The number of hydrogen-bond donors (Lipinski definition) is 0. The Kier molecular flexibility index (Phi) is 7.81. The highest BCUT2D eigenvalue weighted by atomic mass is 32.2. The van der Waals surface area contributed by atoms with Crippen LogP contribution < -0.4 is 24.4 Å². The van der Waals surface area contributed by atoms with Gasteiger partial charge in [0, 0.05) is 4.90 Å². The first kappa shape index (κ1) is 25.5. The number of fused-ring (bicyclic) bond motifs is 1. The summed E-state index contributed by atoms with van der Waals surface area (Å²) >= 11 is 2.89. The van der Waals surface area contributed by atoms with E-state index in [-0.39, 0.29) is 5.56 Å². The van der Waals surface area contributed by atoms with Gasteiger partial charge in [0.15, 0.2) is 16.3 Å². The van der Waals surface area contributed by atoms with E-state index >= 15 is 0 Å². The van der Waals surface area contributed by atoms with Crippen LogP contribution in [0, 0.1) is 0 Å². The number of allylic oxidation sites excluding steroid dienone is 1. The third kappa shape index (κ3) is 4.89. The molecule has 1 aliphatic heterocycles. The molecule has 3 aromatic rings. The van der Waals surface area contributed by atoms with E-state index in [2.05, 4.69) is 11.6 Å². The lowest BCUT2D eigenvalue weighted by molar-refractivity contribution is -0.136. The second-order valence-corrected chi connectivity index (χ2v) is 9.75. The van der Waals surface area contributed by atoms with Crippen molar-refractivity contribution in [1.82, 2.24) is 4.57 Å². The Morgan fingerprint density at radius 1 is 1.19 bits per heavy atom. The van der Waals surface area contributed by atoms with E-state index in [0.717, 1.165) is 16.0 Å². The van der Waals surface area contributed by atoms with Gasteiger partial charge >= 0.3 is 5.97 Å². The van der Waals surface area contributed by atoms with E-state index in [1.54, 1.807) is 54.6 Å². The topological polar surface area (TPSA) is 79.1 Å². The molecule has 7 nitrogen and oxygen atoms in total. The quantitative estimate of drug-likeness (QED) is 0.255. The van der Waals surface area contributed by atoms with Crippen LogP contribution in [0.2, 0.25) is 0 Å². The number of thioether (sulfide) groups is 1. The predicted molar refractivity (Wildman–Crippen MR) is 143 cm³/mol. The molecular formula is C27H26N2O5S2. The molecule has 1 unspecified atom stereocenters. The fraction of sp³-hybridized carbons (Fsp3) is 0.222. The Labute approximate surface area is 217 Å². The number of rotatable bonds is 8. The molecule has 0 fully saturated rings. The first-order valence-electron chi connectivity index (χ1n) is 11.1. The molecule has 9 heteroatoms. The summed E-state index contributed by atoms with van der Waals surface area (Å²) in [7, 11) is 2.89. The standard InChI is InChI=1S/C27H26N2O5S2/c1-6-13-34-20-12-7-17(14-21(20)32-3)15-22-25(30)29-24(18-8-10-19(35-5)11-9-18)23(26(31)33-4)16(2)28-27(29)36-22/h6-12,14-15,24H,1,13H2,2-5H3. The van der Waals surface area contributed by atoms with Crippen molar-refractivity contribution in [3.63, 3.8) is 0 Å². The first-order chi connectivity index (χ1) is 17.4. The highest BCUT2D eigenvalue weighted by Crippen LogP contribution is 2.32. The van der Waals surface area contributed by atoms with Crippen molar-refractivity contribution in [3.05, 3.63) is 97.2 Å². The zero-order valence-corrected chi connectivity index (χ0v) is 22.1. The highest BCUT2D eigenvalue weighted by molar-refractivity contribution is 7.98. The van der Waals surface area contributed by atoms with Crippen molar-refractivity contribution in [3.8, 4) is 11.5 Å². The van der Waals surface area contributed by atoms with Gasteiger partial charge in [-0.2, -0.15) is 0 Å². The highest BCUT2D eigenvalue weighted by Gasteiger charge is 2.33. The van der Waals surface area contributed by atoms with Crippen molar-refractivity contribution in [2.24, 2.45) is 4.99 Å². The van der Waals surface area contributed by atoms with E-state index in [1.807, 2.05) is 36.6 Å². The van der Waals surface area contributed by atoms with Gasteiger partial charge in [-0.3, -0.25) is 9.36 Å². The number of thiazole rings is 1. The zero-order valence-electron chi connectivity index (χ0n) is 20.4. The number of nitrogens with zero attached hydrogens (tertiary/aromatic N) is 2. The van der Waals surface area contributed by atoms with E-state index in [9.17, 15) is 9.59 Å². The van der Waals surface area contributed by atoms with Crippen molar-refractivity contribution in [2.75, 3.05) is 27.1 Å². The maximum Gasteiger partial charge on any atom is 0.338 e. The summed E-state index contributed by atoms with van der Waals surface area (Å²) in [5, 5.41) is 0. The average Bonchev–Trinajstić information content (AvgIpc) is 3.20. The van der Waals surface area contributed by atoms with Crippen LogP contribution in [0.1, 0.15) is 24.1 Å². The maximum absolute atomic E-state index is 13.7. The number of ether oxygens (including phenoxy) is 3. The minimum atomic E-state index is -0.643. The molecule has 36 heavy (non-hydrogen) atoms. The normalized spacial score (nSPS) is 15.2. The predicted octanol–water partition coefficient (Wildman–Crippen LogP) is 3.70. The van der Waals surface area contributed by atoms with Gasteiger partial charge in [0.2, 0.25) is 0 Å². The molecule has 0 saturated heterocycles. The molecule has 0 saturated carbocycles. The molecule has 186 valence electrons.